The number of rotatable bonds is 3. The van der Waals surface area contributed by atoms with E-state index in [0.29, 0.717) is 18.8 Å². The van der Waals surface area contributed by atoms with Crippen LogP contribution in [0.3, 0.4) is 0 Å². The van der Waals surface area contributed by atoms with E-state index in [2.05, 4.69) is 4.98 Å². The Bertz CT molecular complexity index is 744. The molecule has 3 rings (SSSR count). The molecule has 0 N–H and O–H groups in total. The second-order valence-corrected chi connectivity index (χ2v) is 7.23. The number of hydrogen-bond acceptors (Lipinski definition) is 4. The summed E-state index contributed by atoms with van der Waals surface area (Å²) in [6.07, 6.45) is 1.57. The first-order valence-corrected chi connectivity index (χ1v) is 8.50. The number of amides is 1. The maximum absolute atomic E-state index is 13.2. The van der Waals surface area contributed by atoms with Gasteiger partial charge in [-0.15, -0.1) is 0 Å². The Balaban J connectivity index is 1.87. The maximum Gasteiger partial charge on any atom is 0.273 e. The van der Waals surface area contributed by atoms with E-state index in [9.17, 15) is 4.79 Å². The lowest BCUT2D eigenvalue weighted by Crippen LogP contribution is -2.56. The minimum atomic E-state index is -0.377. The van der Waals surface area contributed by atoms with E-state index in [4.69, 9.17) is 4.74 Å². The van der Waals surface area contributed by atoms with Gasteiger partial charge in [0.15, 0.2) is 0 Å². The van der Waals surface area contributed by atoms with Gasteiger partial charge in [-0.3, -0.25) is 9.78 Å². The van der Waals surface area contributed by atoms with Crippen LogP contribution in [0.5, 0.6) is 0 Å². The predicted molar refractivity (Wildman–Crippen MR) is 98.8 cm³/mol. The third kappa shape index (κ3) is 3.66. The van der Waals surface area contributed by atoms with E-state index in [1.807, 2.05) is 80.2 Å². The zero-order valence-corrected chi connectivity index (χ0v) is 15.3. The topological polar surface area (TPSA) is 45.7 Å². The van der Waals surface area contributed by atoms with Crippen LogP contribution in [0.2, 0.25) is 0 Å². The summed E-state index contributed by atoms with van der Waals surface area (Å²) in [7, 11) is 3.90. The van der Waals surface area contributed by atoms with Crippen LogP contribution in [0.4, 0.5) is 5.69 Å². The van der Waals surface area contributed by atoms with Gasteiger partial charge in [-0.05, 0) is 31.5 Å². The molecule has 1 fully saturated rings. The molecule has 0 spiro atoms. The summed E-state index contributed by atoms with van der Waals surface area (Å²) >= 11 is 0. The van der Waals surface area contributed by atoms with Gasteiger partial charge >= 0.3 is 0 Å². The molecule has 2 aromatic rings. The second-order valence-electron chi connectivity index (χ2n) is 7.23. The lowest BCUT2D eigenvalue weighted by Gasteiger charge is -2.45. The van der Waals surface area contributed by atoms with E-state index in [1.165, 1.54) is 0 Å². The third-order valence-electron chi connectivity index (χ3n) is 4.61. The van der Waals surface area contributed by atoms with E-state index < -0.39 is 0 Å². The van der Waals surface area contributed by atoms with Gasteiger partial charge in [-0.1, -0.05) is 30.3 Å². The molecule has 5 nitrogen and oxygen atoms in total. The van der Waals surface area contributed by atoms with Crippen LogP contribution in [0, 0.1) is 0 Å². The fraction of sp³-hybridized carbons (Fsp3) is 0.400. The number of hydrogen-bond donors (Lipinski definition) is 0. The highest BCUT2D eigenvalue weighted by Crippen LogP contribution is 2.31. The quantitative estimate of drug-likeness (QED) is 0.862. The average molecular weight is 339 g/mol. The van der Waals surface area contributed by atoms with Crippen molar-refractivity contribution in [2.45, 2.75) is 25.5 Å². The molecular weight excluding hydrogens is 314 g/mol. The number of aromatic nitrogens is 1. The number of pyridine rings is 1. The largest absolute Gasteiger partial charge is 0.378 e. The molecule has 1 saturated heterocycles. The first-order chi connectivity index (χ1) is 11.9. The molecule has 1 aromatic heterocycles. The number of benzene rings is 1. The second kappa shape index (κ2) is 6.84. The van der Waals surface area contributed by atoms with Crippen molar-refractivity contribution in [1.82, 2.24) is 9.88 Å². The van der Waals surface area contributed by atoms with E-state index in [1.54, 1.807) is 6.20 Å². The Labute approximate surface area is 149 Å². The number of morpholine rings is 1. The van der Waals surface area contributed by atoms with Crippen molar-refractivity contribution < 1.29 is 9.53 Å². The Morgan fingerprint density at radius 2 is 1.96 bits per heavy atom. The van der Waals surface area contributed by atoms with Crippen LogP contribution < -0.4 is 4.90 Å². The van der Waals surface area contributed by atoms with Crippen LogP contribution in [-0.2, 0) is 4.74 Å². The molecule has 1 aliphatic rings. The summed E-state index contributed by atoms with van der Waals surface area (Å²) in [5.74, 6) is -0.0575. The molecule has 0 radical (unpaired) electrons. The molecule has 2 heterocycles. The Morgan fingerprint density at radius 3 is 2.64 bits per heavy atom. The maximum atomic E-state index is 13.2. The number of anilines is 1. The molecular formula is C20H25N3O2. The van der Waals surface area contributed by atoms with E-state index >= 15 is 0 Å². The van der Waals surface area contributed by atoms with Crippen molar-refractivity contribution in [3.63, 3.8) is 0 Å². The van der Waals surface area contributed by atoms with Gasteiger partial charge < -0.3 is 14.5 Å². The number of nitrogens with zero attached hydrogens (tertiary/aromatic N) is 3. The third-order valence-corrected chi connectivity index (χ3v) is 4.61. The first kappa shape index (κ1) is 17.4. The minimum absolute atomic E-state index is 0.0575. The summed E-state index contributed by atoms with van der Waals surface area (Å²) in [5, 5.41) is 0. The minimum Gasteiger partial charge on any atom is -0.378 e. The molecule has 1 unspecified atom stereocenters. The number of carbonyl (C=O) groups is 1. The molecule has 1 atom stereocenters. The van der Waals surface area contributed by atoms with Gasteiger partial charge in [0.25, 0.3) is 5.91 Å². The van der Waals surface area contributed by atoms with Crippen molar-refractivity contribution in [2.24, 2.45) is 0 Å². The van der Waals surface area contributed by atoms with Crippen molar-refractivity contribution in [2.75, 3.05) is 32.1 Å². The molecule has 1 amide bonds. The lowest BCUT2D eigenvalue weighted by atomic mass is 9.97. The number of carbonyl (C=O) groups excluding carboxylic acids is 1. The van der Waals surface area contributed by atoms with E-state index in [0.717, 1.165) is 11.3 Å². The van der Waals surface area contributed by atoms with Gasteiger partial charge in [-0.25, -0.2) is 0 Å². The molecule has 1 aliphatic heterocycles. The summed E-state index contributed by atoms with van der Waals surface area (Å²) in [6, 6.07) is 13.8. The summed E-state index contributed by atoms with van der Waals surface area (Å²) in [4.78, 5) is 21.3. The fourth-order valence-electron chi connectivity index (χ4n) is 3.03. The zero-order valence-electron chi connectivity index (χ0n) is 15.3. The van der Waals surface area contributed by atoms with Crippen molar-refractivity contribution in [1.29, 1.82) is 0 Å². The Morgan fingerprint density at radius 1 is 1.24 bits per heavy atom. The van der Waals surface area contributed by atoms with Gasteiger partial charge in [0.1, 0.15) is 11.8 Å². The summed E-state index contributed by atoms with van der Waals surface area (Å²) < 4.78 is 6.03. The summed E-state index contributed by atoms with van der Waals surface area (Å²) in [6.45, 7) is 5.07. The highest BCUT2D eigenvalue weighted by atomic mass is 16.5. The predicted octanol–water partition coefficient (Wildman–Crippen LogP) is 3.14. The Hall–Kier alpha value is -2.40. The first-order valence-electron chi connectivity index (χ1n) is 8.50. The van der Waals surface area contributed by atoms with Crippen LogP contribution in [0.15, 0.2) is 48.7 Å². The molecule has 25 heavy (non-hydrogen) atoms. The van der Waals surface area contributed by atoms with Gasteiger partial charge in [0.05, 0.1) is 18.7 Å². The average Bonchev–Trinajstić information content (AvgIpc) is 2.62. The number of ether oxygens (including phenoxy) is 1. The fourth-order valence-corrected chi connectivity index (χ4v) is 3.03. The molecule has 0 aliphatic carbocycles. The van der Waals surface area contributed by atoms with Gasteiger partial charge in [-0.2, -0.15) is 0 Å². The van der Waals surface area contributed by atoms with Gasteiger partial charge in [0, 0.05) is 26.0 Å². The Kier molecular flexibility index (Phi) is 4.77. The molecule has 132 valence electrons. The molecule has 0 saturated carbocycles. The normalized spacial score (nSPS) is 19.5. The van der Waals surface area contributed by atoms with Crippen LogP contribution in [0.25, 0.3) is 0 Å². The van der Waals surface area contributed by atoms with Crippen molar-refractivity contribution in [3.05, 3.63) is 59.9 Å². The highest BCUT2D eigenvalue weighted by Gasteiger charge is 2.39. The monoisotopic (exact) mass is 339 g/mol. The van der Waals surface area contributed by atoms with Crippen molar-refractivity contribution in [3.8, 4) is 0 Å². The van der Waals surface area contributed by atoms with Gasteiger partial charge in [0.2, 0.25) is 0 Å². The molecule has 1 aromatic carbocycles. The van der Waals surface area contributed by atoms with Crippen LogP contribution >= 0.6 is 0 Å². The smallest absolute Gasteiger partial charge is 0.273 e. The summed E-state index contributed by atoms with van der Waals surface area (Å²) in [5.41, 5.74) is 2.14. The SMILES string of the molecule is CN(C)c1ccnc(C(=O)N2CC(c3ccccc3)OCC2(C)C)c1. The van der Waals surface area contributed by atoms with Crippen molar-refractivity contribution >= 4 is 11.6 Å². The van der Waals surface area contributed by atoms with Crippen LogP contribution in [0.1, 0.15) is 36.0 Å². The lowest BCUT2D eigenvalue weighted by molar-refractivity contribution is -0.0848. The molecule has 5 heteroatoms. The zero-order chi connectivity index (χ0) is 18.0. The van der Waals surface area contributed by atoms with Crippen LogP contribution in [-0.4, -0.2) is 48.6 Å². The molecule has 0 bridgehead atoms. The standard InChI is InChI=1S/C20H25N3O2/c1-20(2)14-25-18(15-8-6-5-7-9-15)13-23(20)19(24)17-12-16(22(3)4)10-11-21-17/h5-12,18H,13-14H2,1-4H3. The highest BCUT2D eigenvalue weighted by molar-refractivity contribution is 5.93. The van der Waals surface area contributed by atoms with E-state index in [-0.39, 0.29) is 17.6 Å².